The van der Waals surface area contributed by atoms with Gasteiger partial charge >= 0.3 is 5.97 Å². The summed E-state index contributed by atoms with van der Waals surface area (Å²) in [6.07, 6.45) is 1.53. The molecule has 1 amide bonds. The number of halogens is 1. The van der Waals surface area contributed by atoms with Crippen LogP contribution in [0, 0.1) is 0 Å². The third-order valence-electron chi connectivity index (χ3n) is 3.45. The highest BCUT2D eigenvalue weighted by atomic mass is 35.5. The van der Waals surface area contributed by atoms with Crippen LogP contribution in [0.15, 0.2) is 41.0 Å². The molecule has 0 radical (unpaired) electrons. The Morgan fingerprint density at radius 1 is 1.28 bits per heavy atom. The fourth-order valence-electron chi connectivity index (χ4n) is 2.17. The number of methoxy groups -OCH3 is 2. The van der Waals surface area contributed by atoms with Crippen LogP contribution in [0.3, 0.4) is 0 Å². The molecule has 25 heavy (non-hydrogen) atoms. The molecule has 0 saturated carbocycles. The zero-order valence-electron chi connectivity index (χ0n) is 13.9. The number of amides is 1. The average molecular weight is 367 g/mol. The first-order chi connectivity index (χ1) is 12.0. The predicted molar refractivity (Wildman–Crippen MR) is 91.3 cm³/mol. The molecule has 1 atom stereocenters. The molecule has 2 rings (SSSR count). The number of esters is 1. The zero-order valence-corrected chi connectivity index (χ0v) is 14.6. The normalized spacial score (nSPS) is 11.6. The van der Waals surface area contributed by atoms with Crippen LogP contribution in [0.25, 0.3) is 0 Å². The third kappa shape index (κ3) is 5.23. The summed E-state index contributed by atoms with van der Waals surface area (Å²) in [4.78, 5) is 24.0. The van der Waals surface area contributed by atoms with Crippen LogP contribution in [0.2, 0.25) is 5.02 Å². The van der Waals surface area contributed by atoms with Crippen LogP contribution in [0.5, 0.6) is 5.75 Å². The molecule has 134 valence electrons. The summed E-state index contributed by atoms with van der Waals surface area (Å²) < 4.78 is 15.0. The van der Waals surface area contributed by atoms with Gasteiger partial charge in [0.1, 0.15) is 17.6 Å². The van der Waals surface area contributed by atoms with Crippen molar-refractivity contribution in [2.24, 2.45) is 0 Å². The molecule has 1 aromatic carbocycles. The van der Waals surface area contributed by atoms with Crippen molar-refractivity contribution in [2.75, 3.05) is 20.8 Å². The van der Waals surface area contributed by atoms with Crippen molar-refractivity contribution in [3.63, 3.8) is 0 Å². The lowest BCUT2D eigenvalue weighted by Gasteiger charge is -2.17. The molecule has 7 nitrogen and oxygen atoms in total. The van der Waals surface area contributed by atoms with E-state index in [0.29, 0.717) is 22.1 Å². The number of hydrogen-bond acceptors (Lipinski definition) is 6. The Hall–Kier alpha value is -2.51. The van der Waals surface area contributed by atoms with Gasteiger partial charge in [0.05, 0.1) is 38.6 Å². The Kier molecular flexibility index (Phi) is 6.85. The first-order valence-corrected chi connectivity index (χ1v) is 7.86. The fraction of sp³-hybridized carbons (Fsp3) is 0.294. The Morgan fingerprint density at radius 2 is 2.08 bits per heavy atom. The molecule has 2 N–H and O–H groups in total. The van der Waals surface area contributed by atoms with Gasteiger partial charge in [0.25, 0.3) is 0 Å². The minimum atomic E-state index is -0.831. The number of benzene rings is 1. The summed E-state index contributed by atoms with van der Waals surface area (Å²) in [5.74, 6) is 0.315. The van der Waals surface area contributed by atoms with Gasteiger partial charge in [-0.15, -0.1) is 0 Å². The minimum Gasteiger partial charge on any atom is -0.495 e. The van der Waals surface area contributed by atoms with E-state index >= 15 is 0 Å². The minimum absolute atomic E-state index is 0.0792. The molecular formula is C17H19ClN2O5. The SMILES string of the molecule is COC(=O)[C@H](NCC(=O)NCc1ccco1)c1ccc(OC)c(Cl)c1. The van der Waals surface area contributed by atoms with Crippen molar-refractivity contribution < 1.29 is 23.5 Å². The molecule has 0 bridgehead atoms. The van der Waals surface area contributed by atoms with Crippen LogP contribution in [0.4, 0.5) is 0 Å². The number of carbonyl (C=O) groups excluding carboxylic acids is 2. The third-order valence-corrected chi connectivity index (χ3v) is 3.75. The van der Waals surface area contributed by atoms with E-state index < -0.39 is 12.0 Å². The lowest BCUT2D eigenvalue weighted by Crippen LogP contribution is -2.38. The maximum atomic E-state index is 12.0. The van der Waals surface area contributed by atoms with Crippen molar-refractivity contribution >= 4 is 23.5 Å². The van der Waals surface area contributed by atoms with E-state index in [4.69, 9.17) is 25.5 Å². The first kappa shape index (κ1) is 18.8. The van der Waals surface area contributed by atoms with Crippen molar-refractivity contribution in [3.8, 4) is 5.75 Å². The first-order valence-electron chi connectivity index (χ1n) is 7.49. The molecule has 0 aliphatic rings. The lowest BCUT2D eigenvalue weighted by atomic mass is 10.1. The van der Waals surface area contributed by atoms with E-state index in [-0.39, 0.29) is 19.0 Å². The standard InChI is InChI=1S/C17H19ClN2O5/c1-23-14-6-5-11(8-13(14)18)16(17(22)24-2)20-10-15(21)19-9-12-4-3-7-25-12/h3-8,16,20H,9-10H2,1-2H3,(H,19,21)/t16-/m1/s1. The molecular weight excluding hydrogens is 348 g/mol. The van der Waals surface area contributed by atoms with Crippen molar-refractivity contribution in [1.29, 1.82) is 0 Å². The molecule has 0 unspecified atom stereocenters. The average Bonchev–Trinajstić information content (AvgIpc) is 3.13. The van der Waals surface area contributed by atoms with Gasteiger partial charge in [0.15, 0.2) is 0 Å². The van der Waals surface area contributed by atoms with Gasteiger partial charge in [-0.3, -0.25) is 10.1 Å². The van der Waals surface area contributed by atoms with E-state index in [1.165, 1.54) is 20.5 Å². The second kappa shape index (κ2) is 9.10. The number of furan rings is 1. The highest BCUT2D eigenvalue weighted by Crippen LogP contribution is 2.28. The lowest BCUT2D eigenvalue weighted by molar-refractivity contribution is -0.143. The number of carbonyl (C=O) groups is 2. The van der Waals surface area contributed by atoms with Gasteiger partial charge in [-0.2, -0.15) is 0 Å². The molecule has 1 heterocycles. The summed E-state index contributed by atoms with van der Waals surface area (Å²) in [5, 5.41) is 5.91. The second-order valence-electron chi connectivity index (χ2n) is 5.09. The van der Waals surface area contributed by atoms with Crippen molar-refractivity contribution in [3.05, 3.63) is 52.9 Å². The Balaban J connectivity index is 1.99. The fourth-order valence-corrected chi connectivity index (χ4v) is 2.44. The van der Waals surface area contributed by atoms with Crippen LogP contribution >= 0.6 is 11.6 Å². The molecule has 8 heteroatoms. The van der Waals surface area contributed by atoms with E-state index in [2.05, 4.69) is 10.6 Å². The summed E-state index contributed by atoms with van der Waals surface area (Å²) in [5.41, 5.74) is 0.566. The van der Waals surface area contributed by atoms with Crippen LogP contribution in [-0.4, -0.2) is 32.6 Å². The van der Waals surface area contributed by atoms with E-state index in [1.807, 2.05) is 0 Å². The molecule has 0 fully saturated rings. The Bertz CT molecular complexity index is 718. The van der Waals surface area contributed by atoms with Crippen molar-refractivity contribution in [2.45, 2.75) is 12.6 Å². The van der Waals surface area contributed by atoms with Crippen LogP contribution < -0.4 is 15.4 Å². The highest BCUT2D eigenvalue weighted by Gasteiger charge is 2.23. The van der Waals surface area contributed by atoms with Crippen LogP contribution in [0.1, 0.15) is 17.4 Å². The number of rotatable bonds is 8. The summed E-state index contributed by atoms with van der Waals surface area (Å²) in [7, 11) is 2.78. The molecule has 0 saturated heterocycles. The summed E-state index contributed by atoms with van der Waals surface area (Å²) in [6.45, 7) is 0.189. The van der Waals surface area contributed by atoms with Gasteiger partial charge in [-0.1, -0.05) is 17.7 Å². The Morgan fingerprint density at radius 3 is 2.68 bits per heavy atom. The largest absolute Gasteiger partial charge is 0.495 e. The molecule has 2 aromatic rings. The van der Waals surface area contributed by atoms with E-state index in [1.54, 1.807) is 30.3 Å². The number of hydrogen-bond donors (Lipinski definition) is 2. The molecule has 0 spiro atoms. The second-order valence-corrected chi connectivity index (χ2v) is 5.49. The van der Waals surface area contributed by atoms with Crippen LogP contribution in [-0.2, 0) is 20.9 Å². The van der Waals surface area contributed by atoms with Gasteiger partial charge in [0.2, 0.25) is 5.91 Å². The summed E-state index contributed by atoms with van der Waals surface area (Å²) in [6, 6.07) is 7.58. The smallest absolute Gasteiger partial charge is 0.327 e. The molecule has 1 aromatic heterocycles. The van der Waals surface area contributed by atoms with Gasteiger partial charge in [-0.05, 0) is 29.8 Å². The molecule has 0 aliphatic heterocycles. The highest BCUT2D eigenvalue weighted by molar-refractivity contribution is 6.32. The maximum absolute atomic E-state index is 12.0. The van der Waals surface area contributed by atoms with Gasteiger partial charge in [0, 0.05) is 0 Å². The zero-order chi connectivity index (χ0) is 18.2. The number of ether oxygens (including phenoxy) is 2. The maximum Gasteiger partial charge on any atom is 0.327 e. The number of nitrogens with one attached hydrogen (secondary N) is 2. The topological polar surface area (TPSA) is 89.8 Å². The molecule has 0 aliphatic carbocycles. The van der Waals surface area contributed by atoms with Crippen molar-refractivity contribution in [1.82, 2.24) is 10.6 Å². The van der Waals surface area contributed by atoms with E-state index in [9.17, 15) is 9.59 Å². The van der Waals surface area contributed by atoms with Gasteiger partial charge < -0.3 is 19.2 Å². The monoisotopic (exact) mass is 366 g/mol. The quantitative estimate of drug-likeness (QED) is 0.695. The summed E-state index contributed by atoms with van der Waals surface area (Å²) >= 11 is 6.10. The van der Waals surface area contributed by atoms with E-state index in [0.717, 1.165) is 0 Å². The Labute approximate surface area is 150 Å². The van der Waals surface area contributed by atoms with Gasteiger partial charge in [-0.25, -0.2) is 4.79 Å². The predicted octanol–water partition coefficient (Wildman–Crippen LogP) is 2.06.